The lowest BCUT2D eigenvalue weighted by atomic mass is 10.1. The SMILES string of the molecule is CC[C@H](SC)C(=O)N1CCC[C@H](N(Cc2cncnc2)C(C)=O)CC1. The molecule has 0 unspecified atom stereocenters. The van der Waals surface area contributed by atoms with Crippen LogP contribution in [0.4, 0.5) is 0 Å². The van der Waals surface area contributed by atoms with E-state index >= 15 is 0 Å². The number of likely N-dealkylation sites (tertiary alicyclic amines) is 1. The fourth-order valence-corrected chi connectivity index (χ4v) is 4.05. The van der Waals surface area contributed by atoms with Crippen LogP contribution in [0, 0.1) is 0 Å². The Balaban J connectivity index is 2.02. The third-order valence-corrected chi connectivity index (χ3v) is 5.86. The summed E-state index contributed by atoms with van der Waals surface area (Å²) in [4.78, 5) is 36.7. The maximum absolute atomic E-state index is 12.6. The Morgan fingerprint density at radius 3 is 2.64 bits per heavy atom. The Hall–Kier alpha value is -1.63. The van der Waals surface area contributed by atoms with Gasteiger partial charge in [-0.05, 0) is 31.9 Å². The zero-order chi connectivity index (χ0) is 18.2. The number of amides is 2. The molecule has 0 aliphatic carbocycles. The summed E-state index contributed by atoms with van der Waals surface area (Å²) in [5.41, 5.74) is 0.934. The van der Waals surface area contributed by atoms with Crippen LogP contribution in [-0.4, -0.2) is 62.2 Å². The largest absolute Gasteiger partial charge is 0.342 e. The van der Waals surface area contributed by atoms with Gasteiger partial charge >= 0.3 is 0 Å². The number of aromatic nitrogens is 2. The van der Waals surface area contributed by atoms with Crippen LogP contribution in [0.2, 0.25) is 0 Å². The van der Waals surface area contributed by atoms with Crippen LogP contribution in [0.3, 0.4) is 0 Å². The molecule has 0 aromatic carbocycles. The number of thioether (sulfide) groups is 1. The van der Waals surface area contributed by atoms with Crippen LogP contribution in [0.5, 0.6) is 0 Å². The van der Waals surface area contributed by atoms with Crippen molar-refractivity contribution in [3.63, 3.8) is 0 Å². The maximum Gasteiger partial charge on any atom is 0.235 e. The van der Waals surface area contributed by atoms with Gasteiger partial charge in [0.2, 0.25) is 11.8 Å². The highest BCUT2D eigenvalue weighted by molar-refractivity contribution is 7.99. The van der Waals surface area contributed by atoms with Crippen molar-refractivity contribution in [1.82, 2.24) is 19.8 Å². The monoisotopic (exact) mass is 364 g/mol. The molecule has 1 saturated heterocycles. The fourth-order valence-electron chi connectivity index (χ4n) is 3.36. The molecule has 25 heavy (non-hydrogen) atoms. The Labute approximate surface area is 154 Å². The maximum atomic E-state index is 12.6. The van der Waals surface area contributed by atoms with E-state index in [-0.39, 0.29) is 23.1 Å². The van der Waals surface area contributed by atoms with Gasteiger partial charge in [0.25, 0.3) is 0 Å². The van der Waals surface area contributed by atoms with Crippen molar-refractivity contribution in [2.24, 2.45) is 0 Å². The summed E-state index contributed by atoms with van der Waals surface area (Å²) in [7, 11) is 0. The van der Waals surface area contributed by atoms with E-state index in [1.54, 1.807) is 31.1 Å². The predicted octanol–water partition coefficient (Wildman–Crippen LogP) is 2.35. The van der Waals surface area contributed by atoms with Crippen molar-refractivity contribution in [2.75, 3.05) is 19.3 Å². The number of hydrogen-bond donors (Lipinski definition) is 0. The molecule has 138 valence electrons. The third kappa shape index (κ3) is 5.42. The Morgan fingerprint density at radius 2 is 2.04 bits per heavy atom. The average Bonchev–Trinajstić information content (AvgIpc) is 2.87. The van der Waals surface area contributed by atoms with Gasteiger partial charge in [0.15, 0.2) is 0 Å². The number of carbonyl (C=O) groups is 2. The second-order valence-electron chi connectivity index (χ2n) is 6.44. The first kappa shape index (κ1) is 19.7. The van der Waals surface area contributed by atoms with Gasteiger partial charge in [0, 0.05) is 50.6 Å². The van der Waals surface area contributed by atoms with Crippen LogP contribution in [0.25, 0.3) is 0 Å². The van der Waals surface area contributed by atoms with Crippen molar-refractivity contribution in [3.8, 4) is 0 Å². The highest BCUT2D eigenvalue weighted by atomic mass is 32.2. The molecule has 0 N–H and O–H groups in total. The molecule has 2 amide bonds. The summed E-state index contributed by atoms with van der Waals surface area (Å²) >= 11 is 1.62. The van der Waals surface area contributed by atoms with Gasteiger partial charge < -0.3 is 9.80 Å². The lowest BCUT2D eigenvalue weighted by Crippen LogP contribution is -2.41. The number of rotatable bonds is 6. The summed E-state index contributed by atoms with van der Waals surface area (Å²) in [6.07, 6.45) is 10.5. The average molecular weight is 365 g/mol. The molecule has 2 heterocycles. The van der Waals surface area contributed by atoms with Crippen LogP contribution in [0.1, 0.15) is 45.1 Å². The van der Waals surface area contributed by atoms with E-state index in [0.29, 0.717) is 6.54 Å². The van der Waals surface area contributed by atoms with Gasteiger partial charge in [-0.2, -0.15) is 11.8 Å². The lowest BCUT2D eigenvalue weighted by Gasteiger charge is -2.30. The van der Waals surface area contributed by atoms with Crippen molar-refractivity contribution < 1.29 is 9.59 Å². The smallest absolute Gasteiger partial charge is 0.235 e. The van der Waals surface area contributed by atoms with Crippen molar-refractivity contribution in [2.45, 2.75) is 57.4 Å². The van der Waals surface area contributed by atoms with Crippen LogP contribution >= 0.6 is 11.8 Å². The molecule has 7 heteroatoms. The number of carbonyl (C=O) groups excluding carboxylic acids is 2. The zero-order valence-corrected chi connectivity index (χ0v) is 16.2. The molecule has 0 spiro atoms. The molecule has 0 saturated carbocycles. The number of nitrogens with zero attached hydrogens (tertiary/aromatic N) is 4. The van der Waals surface area contributed by atoms with Gasteiger partial charge in [-0.15, -0.1) is 0 Å². The molecule has 0 bridgehead atoms. The van der Waals surface area contributed by atoms with Gasteiger partial charge in [-0.1, -0.05) is 6.92 Å². The van der Waals surface area contributed by atoms with E-state index in [9.17, 15) is 9.59 Å². The molecule has 1 fully saturated rings. The molecule has 1 aliphatic heterocycles. The van der Waals surface area contributed by atoms with E-state index in [4.69, 9.17) is 0 Å². The molecule has 1 aromatic heterocycles. The summed E-state index contributed by atoms with van der Waals surface area (Å²) in [5, 5.41) is 0.0435. The van der Waals surface area contributed by atoms with Crippen LogP contribution < -0.4 is 0 Å². The summed E-state index contributed by atoms with van der Waals surface area (Å²) < 4.78 is 0. The number of hydrogen-bond acceptors (Lipinski definition) is 5. The molecule has 1 aromatic rings. The lowest BCUT2D eigenvalue weighted by molar-refractivity contribution is -0.132. The standard InChI is InChI=1S/C18H28N4O2S/c1-4-17(25-3)18(24)21-8-5-6-16(7-9-21)22(14(2)23)12-15-10-19-13-20-11-15/h10-11,13,16-17H,4-9,12H2,1-3H3/t16-,17-/m0/s1. The van der Waals surface area contributed by atoms with E-state index in [2.05, 4.69) is 16.9 Å². The molecule has 2 atom stereocenters. The van der Waals surface area contributed by atoms with Crippen molar-refractivity contribution >= 4 is 23.6 Å². The molecule has 1 aliphatic rings. The highest BCUT2D eigenvalue weighted by Crippen LogP contribution is 2.22. The minimum Gasteiger partial charge on any atom is -0.342 e. The summed E-state index contributed by atoms with van der Waals surface area (Å²) in [6.45, 7) is 5.69. The van der Waals surface area contributed by atoms with Gasteiger partial charge in [-0.3, -0.25) is 9.59 Å². The minimum absolute atomic E-state index is 0.0435. The summed E-state index contributed by atoms with van der Waals surface area (Å²) in [6, 6.07) is 0.157. The second kappa shape index (κ2) is 9.75. The first-order valence-corrected chi connectivity index (χ1v) is 10.2. The van der Waals surface area contributed by atoms with Crippen molar-refractivity contribution in [1.29, 1.82) is 0 Å². The molecule has 6 nitrogen and oxygen atoms in total. The first-order chi connectivity index (χ1) is 12.1. The predicted molar refractivity (Wildman–Crippen MR) is 100 cm³/mol. The van der Waals surface area contributed by atoms with E-state index in [1.807, 2.05) is 16.1 Å². The topological polar surface area (TPSA) is 66.4 Å². The Kier molecular flexibility index (Phi) is 7.68. The molecule has 0 radical (unpaired) electrons. The fraction of sp³-hybridized carbons (Fsp3) is 0.667. The van der Waals surface area contributed by atoms with E-state index in [1.165, 1.54) is 6.33 Å². The van der Waals surface area contributed by atoms with Crippen LogP contribution in [-0.2, 0) is 16.1 Å². The Morgan fingerprint density at radius 1 is 1.32 bits per heavy atom. The first-order valence-electron chi connectivity index (χ1n) is 8.89. The minimum atomic E-state index is 0.0435. The van der Waals surface area contributed by atoms with Gasteiger partial charge in [0.05, 0.1) is 5.25 Å². The normalized spacial score (nSPS) is 19.2. The highest BCUT2D eigenvalue weighted by Gasteiger charge is 2.28. The second-order valence-corrected chi connectivity index (χ2v) is 7.48. The van der Waals surface area contributed by atoms with Gasteiger partial charge in [-0.25, -0.2) is 9.97 Å². The van der Waals surface area contributed by atoms with E-state index < -0.39 is 0 Å². The molecular formula is C18H28N4O2S. The van der Waals surface area contributed by atoms with Crippen molar-refractivity contribution in [3.05, 3.63) is 24.3 Å². The molecular weight excluding hydrogens is 336 g/mol. The third-order valence-electron chi connectivity index (χ3n) is 4.75. The van der Waals surface area contributed by atoms with E-state index in [0.717, 1.165) is 44.3 Å². The molecule has 2 rings (SSSR count). The van der Waals surface area contributed by atoms with Crippen LogP contribution in [0.15, 0.2) is 18.7 Å². The zero-order valence-electron chi connectivity index (χ0n) is 15.4. The quantitative estimate of drug-likeness (QED) is 0.775. The van der Waals surface area contributed by atoms with Gasteiger partial charge in [0.1, 0.15) is 6.33 Å². The Bertz CT molecular complexity index is 565. The summed E-state index contributed by atoms with van der Waals surface area (Å²) in [5.74, 6) is 0.297.